The molecular weight excluding hydrogens is 741 g/mol. The Morgan fingerprint density at radius 2 is 1.44 bits per heavy atom. The van der Waals surface area contributed by atoms with E-state index in [0.29, 0.717) is 11.4 Å². The fourth-order valence-corrected chi connectivity index (χ4v) is 8.49. The van der Waals surface area contributed by atoms with E-state index in [1.807, 2.05) is 54.6 Å². The molecule has 0 spiro atoms. The van der Waals surface area contributed by atoms with Crippen molar-refractivity contribution in [2.24, 2.45) is 5.92 Å². The second-order valence-corrected chi connectivity index (χ2v) is 15.5. The van der Waals surface area contributed by atoms with Gasteiger partial charge in [0.05, 0.1) is 34.1 Å². The van der Waals surface area contributed by atoms with E-state index in [0.717, 1.165) is 84.3 Å². The van der Waals surface area contributed by atoms with Crippen LogP contribution in [0, 0.1) is 17.2 Å². The van der Waals surface area contributed by atoms with E-state index in [-0.39, 0.29) is 5.92 Å². The van der Waals surface area contributed by atoms with Gasteiger partial charge in [-0.2, -0.15) is 5.26 Å². The minimum absolute atomic E-state index is 0.237. The molecule has 0 N–H and O–H groups in total. The van der Waals surface area contributed by atoms with Gasteiger partial charge in [0.15, 0.2) is 5.82 Å². The van der Waals surface area contributed by atoms with Crippen molar-refractivity contribution in [3.8, 4) is 45.5 Å². The summed E-state index contributed by atoms with van der Waals surface area (Å²) in [6.07, 6.45) is 20.2. The number of rotatable bonds is 8. The van der Waals surface area contributed by atoms with Gasteiger partial charge in [-0.15, -0.1) is 0 Å². The van der Waals surface area contributed by atoms with Crippen LogP contribution < -0.4 is 0 Å². The van der Waals surface area contributed by atoms with Gasteiger partial charge in [-0.1, -0.05) is 165 Å². The van der Waals surface area contributed by atoms with Gasteiger partial charge in [0.25, 0.3) is 0 Å². The Balaban J connectivity index is 0.954. The summed E-state index contributed by atoms with van der Waals surface area (Å²) in [7, 11) is 0. The molecule has 1 atom stereocenters. The Morgan fingerprint density at radius 3 is 2.23 bits per heavy atom. The summed E-state index contributed by atoms with van der Waals surface area (Å²) in [4.78, 5) is 10.1. The summed E-state index contributed by atoms with van der Waals surface area (Å²) < 4.78 is 2.27. The number of para-hydroxylation sites is 1. The van der Waals surface area contributed by atoms with Gasteiger partial charge in [0, 0.05) is 27.6 Å². The summed E-state index contributed by atoms with van der Waals surface area (Å²) in [6, 6.07) is 53.0. The maximum atomic E-state index is 9.70. The van der Waals surface area contributed by atoms with Crippen molar-refractivity contribution >= 4 is 45.1 Å². The van der Waals surface area contributed by atoms with Gasteiger partial charge in [0.1, 0.15) is 0 Å². The zero-order valence-corrected chi connectivity index (χ0v) is 33.5. The van der Waals surface area contributed by atoms with Crippen LogP contribution in [0.3, 0.4) is 0 Å². The number of aromatic nitrogens is 3. The zero-order valence-electron chi connectivity index (χ0n) is 33.5. The van der Waals surface area contributed by atoms with E-state index in [4.69, 9.17) is 9.97 Å². The molecule has 0 amide bonds. The quantitative estimate of drug-likeness (QED) is 0.144. The van der Waals surface area contributed by atoms with Gasteiger partial charge in [-0.05, 0) is 105 Å². The lowest BCUT2D eigenvalue weighted by Crippen LogP contribution is -2.03. The summed E-state index contributed by atoms with van der Waals surface area (Å²) >= 11 is 0. The van der Waals surface area contributed by atoms with E-state index < -0.39 is 0 Å². The van der Waals surface area contributed by atoms with Crippen LogP contribution in [0.25, 0.3) is 84.6 Å². The summed E-state index contributed by atoms with van der Waals surface area (Å²) in [5, 5.41) is 12.0. The van der Waals surface area contributed by atoms with Gasteiger partial charge in [-0.3, -0.25) is 0 Å². The lowest BCUT2D eigenvalue weighted by Gasteiger charge is -2.20. The normalized spacial score (nSPS) is 15.5. The molecule has 4 nitrogen and oxygen atoms in total. The lowest BCUT2D eigenvalue weighted by atomic mass is 9.85. The van der Waals surface area contributed by atoms with Crippen LogP contribution in [0.4, 0.5) is 0 Å². The molecule has 2 heterocycles. The molecule has 0 aliphatic heterocycles. The minimum Gasteiger partial charge on any atom is -0.309 e. The number of allylic oxidation sites excluding steroid dienone is 10. The highest BCUT2D eigenvalue weighted by Crippen LogP contribution is 2.38. The molecule has 4 heteroatoms. The van der Waals surface area contributed by atoms with Gasteiger partial charge in [0.2, 0.25) is 0 Å². The molecule has 288 valence electrons. The molecule has 1 unspecified atom stereocenters. The molecule has 0 fully saturated rings. The van der Waals surface area contributed by atoms with Crippen LogP contribution in [0.15, 0.2) is 207 Å². The van der Waals surface area contributed by atoms with E-state index in [1.165, 1.54) is 16.7 Å². The highest BCUT2D eigenvalue weighted by Gasteiger charge is 2.19. The molecule has 61 heavy (non-hydrogen) atoms. The average molecular weight is 781 g/mol. The third kappa shape index (κ3) is 7.20. The van der Waals surface area contributed by atoms with Crippen molar-refractivity contribution in [3.05, 3.63) is 235 Å². The standard InChI is InChI=1S/C57H40N4/c1-3-4-11-38(2)53-36-54(44-12-7-5-8-13-44)60-57(59-53)50-29-19-40-16-21-46-32-39(17-22-47(50)33-40)18-28-49(46)43-25-23-42(24-26-43)45-27-31-52-51-30-20-41(37-58)34-55(51)61(56(52)35-45)48-14-9-6-10-15-48/h3-17,19-36,39H,1-2,18H2/b11-4-,21-16-,22-17-. The van der Waals surface area contributed by atoms with Crippen molar-refractivity contribution in [2.75, 3.05) is 0 Å². The molecule has 2 aliphatic carbocycles. The first-order valence-corrected chi connectivity index (χ1v) is 20.5. The Kier molecular flexibility index (Phi) is 9.69. The van der Waals surface area contributed by atoms with Crippen LogP contribution in [0.1, 0.15) is 34.4 Å². The SMILES string of the molecule is C=C/C=C\C(=C)c1cc(-c2ccccc2)nc(-c2ccc3cc2/C=C\C2C=C(/C=C\3)C(c3ccc(-c4ccc5c6ccc(C#N)cc6n(-c6ccccc6)c5c4)cc3)=CC2)n1. The van der Waals surface area contributed by atoms with Crippen molar-refractivity contribution < 1.29 is 0 Å². The second kappa shape index (κ2) is 15.9. The number of hydrogen-bond donors (Lipinski definition) is 0. The van der Waals surface area contributed by atoms with Crippen molar-refractivity contribution in [1.82, 2.24) is 14.5 Å². The molecule has 8 aromatic rings. The molecule has 0 saturated heterocycles. The Morgan fingerprint density at radius 1 is 0.705 bits per heavy atom. The Bertz CT molecular complexity index is 3240. The minimum atomic E-state index is 0.237. The number of hydrogen-bond acceptors (Lipinski definition) is 3. The molecule has 10 rings (SSSR count). The maximum Gasteiger partial charge on any atom is 0.161 e. The summed E-state index contributed by atoms with van der Waals surface area (Å²) in [5.41, 5.74) is 16.4. The first-order chi connectivity index (χ1) is 30.0. The summed E-state index contributed by atoms with van der Waals surface area (Å²) in [6.45, 7) is 8.11. The first-order valence-electron chi connectivity index (χ1n) is 20.5. The molecule has 4 bridgehead atoms. The van der Waals surface area contributed by atoms with Crippen LogP contribution in [-0.2, 0) is 0 Å². The highest BCUT2D eigenvalue weighted by atomic mass is 15.0. The largest absolute Gasteiger partial charge is 0.309 e. The molecule has 2 aromatic heterocycles. The van der Waals surface area contributed by atoms with Gasteiger partial charge >= 0.3 is 0 Å². The van der Waals surface area contributed by atoms with Crippen LogP contribution in [0.5, 0.6) is 0 Å². The number of fused-ring (bicyclic) bond motifs is 6. The van der Waals surface area contributed by atoms with Crippen LogP contribution >= 0.6 is 0 Å². The molecule has 0 radical (unpaired) electrons. The van der Waals surface area contributed by atoms with Crippen molar-refractivity contribution in [1.29, 1.82) is 5.26 Å². The van der Waals surface area contributed by atoms with Crippen LogP contribution in [-0.4, -0.2) is 14.5 Å². The number of nitriles is 1. The maximum absolute atomic E-state index is 9.70. The van der Waals surface area contributed by atoms with Crippen molar-refractivity contribution in [2.45, 2.75) is 6.42 Å². The lowest BCUT2D eigenvalue weighted by molar-refractivity contribution is 0.823. The third-order valence-corrected chi connectivity index (χ3v) is 11.6. The zero-order chi connectivity index (χ0) is 41.3. The Hall–Kier alpha value is -8.13. The fourth-order valence-electron chi connectivity index (χ4n) is 8.49. The Labute approximate surface area is 356 Å². The molecule has 0 saturated carbocycles. The third-order valence-electron chi connectivity index (χ3n) is 11.6. The fraction of sp³-hybridized carbons (Fsp3) is 0.0351. The predicted octanol–water partition coefficient (Wildman–Crippen LogP) is 14.3. The number of benzene rings is 6. The second-order valence-electron chi connectivity index (χ2n) is 15.5. The molecule has 2 aliphatic rings. The molecule has 6 aromatic carbocycles. The van der Waals surface area contributed by atoms with Crippen LogP contribution in [0.2, 0.25) is 0 Å². The average Bonchev–Trinajstić information content (AvgIpc) is 3.65. The smallest absolute Gasteiger partial charge is 0.161 e. The number of nitrogens with zero attached hydrogens (tertiary/aromatic N) is 4. The predicted molar refractivity (Wildman–Crippen MR) is 254 cm³/mol. The van der Waals surface area contributed by atoms with Gasteiger partial charge in [-0.25, -0.2) is 9.97 Å². The van der Waals surface area contributed by atoms with E-state index in [1.54, 1.807) is 6.08 Å². The topological polar surface area (TPSA) is 54.5 Å². The highest BCUT2D eigenvalue weighted by molar-refractivity contribution is 6.10. The first kappa shape index (κ1) is 37.2. The van der Waals surface area contributed by atoms with E-state index >= 15 is 0 Å². The molecular formula is C57H40N4. The monoisotopic (exact) mass is 780 g/mol. The van der Waals surface area contributed by atoms with E-state index in [9.17, 15) is 5.26 Å². The van der Waals surface area contributed by atoms with E-state index in [2.05, 4.69) is 163 Å². The van der Waals surface area contributed by atoms with Gasteiger partial charge < -0.3 is 4.57 Å². The van der Waals surface area contributed by atoms with Crippen molar-refractivity contribution in [3.63, 3.8) is 0 Å². The summed E-state index contributed by atoms with van der Waals surface area (Å²) in [5.74, 6) is 0.899.